The predicted molar refractivity (Wildman–Crippen MR) is 40.5 cm³/mol. The highest BCUT2D eigenvalue weighted by molar-refractivity contribution is 4.79. The molecule has 0 spiro atoms. The SMILES string of the molecule is CC1CCCN(CC#N)C1. The third-order valence-corrected chi connectivity index (χ3v) is 2.04. The molecule has 0 aromatic carbocycles. The highest BCUT2D eigenvalue weighted by atomic mass is 15.1. The van der Waals surface area contributed by atoms with Gasteiger partial charge in [-0.3, -0.25) is 4.90 Å². The Balaban J connectivity index is 2.27. The lowest BCUT2D eigenvalue weighted by molar-refractivity contribution is 0.203. The average molecular weight is 138 g/mol. The summed E-state index contributed by atoms with van der Waals surface area (Å²) in [5.74, 6) is 0.794. The Kier molecular flexibility index (Phi) is 2.70. The van der Waals surface area contributed by atoms with Gasteiger partial charge in [-0.25, -0.2) is 0 Å². The highest BCUT2D eigenvalue weighted by Gasteiger charge is 2.14. The smallest absolute Gasteiger partial charge is 0.0866 e. The van der Waals surface area contributed by atoms with E-state index in [-0.39, 0.29) is 0 Å². The minimum absolute atomic E-state index is 0.615. The molecule has 0 bridgehead atoms. The van der Waals surface area contributed by atoms with Crippen LogP contribution >= 0.6 is 0 Å². The van der Waals surface area contributed by atoms with Gasteiger partial charge in [-0.1, -0.05) is 6.92 Å². The Morgan fingerprint density at radius 1 is 1.70 bits per heavy atom. The van der Waals surface area contributed by atoms with Crippen molar-refractivity contribution in [1.82, 2.24) is 4.90 Å². The molecular weight excluding hydrogens is 124 g/mol. The molecule has 10 heavy (non-hydrogen) atoms. The van der Waals surface area contributed by atoms with Gasteiger partial charge in [-0.2, -0.15) is 5.26 Å². The first-order chi connectivity index (χ1) is 4.83. The van der Waals surface area contributed by atoms with E-state index in [1.165, 1.54) is 12.8 Å². The number of rotatable bonds is 1. The van der Waals surface area contributed by atoms with E-state index in [0.29, 0.717) is 6.54 Å². The van der Waals surface area contributed by atoms with E-state index in [1.807, 2.05) is 0 Å². The van der Waals surface area contributed by atoms with Crippen LogP contribution in [0.4, 0.5) is 0 Å². The van der Waals surface area contributed by atoms with E-state index >= 15 is 0 Å². The lowest BCUT2D eigenvalue weighted by Crippen LogP contribution is -2.34. The third kappa shape index (κ3) is 2.00. The molecule has 0 N–H and O–H groups in total. The van der Waals surface area contributed by atoms with Crippen molar-refractivity contribution in [1.29, 1.82) is 5.26 Å². The van der Waals surface area contributed by atoms with Crippen LogP contribution in [0.15, 0.2) is 0 Å². The summed E-state index contributed by atoms with van der Waals surface area (Å²) in [6.45, 7) is 5.11. The topological polar surface area (TPSA) is 27.0 Å². The van der Waals surface area contributed by atoms with Gasteiger partial charge in [0.05, 0.1) is 12.6 Å². The maximum absolute atomic E-state index is 8.41. The van der Waals surface area contributed by atoms with E-state index in [9.17, 15) is 0 Å². The van der Waals surface area contributed by atoms with Gasteiger partial charge in [0.1, 0.15) is 0 Å². The van der Waals surface area contributed by atoms with Crippen LogP contribution in [0.5, 0.6) is 0 Å². The summed E-state index contributed by atoms with van der Waals surface area (Å²) >= 11 is 0. The Morgan fingerprint density at radius 3 is 3.10 bits per heavy atom. The number of hydrogen-bond acceptors (Lipinski definition) is 2. The largest absolute Gasteiger partial charge is 0.290 e. The van der Waals surface area contributed by atoms with Gasteiger partial charge in [0.25, 0.3) is 0 Å². The molecule has 0 aromatic rings. The molecule has 56 valence electrons. The Bertz CT molecular complexity index is 137. The van der Waals surface area contributed by atoms with Crippen molar-refractivity contribution in [2.75, 3.05) is 19.6 Å². The number of likely N-dealkylation sites (tertiary alicyclic amines) is 1. The van der Waals surface area contributed by atoms with Crippen molar-refractivity contribution < 1.29 is 0 Å². The van der Waals surface area contributed by atoms with Gasteiger partial charge < -0.3 is 0 Å². The molecule has 1 heterocycles. The maximum atomic E-state index is 8.41. The van der Waals surface area contributed by atoms with Gasteiger partial charge in [-0.15, -0.1) is 0 Å². The van der Waals surface area contributed by atoms with Crippen LogP contribution in [0.2, 0.25) is 0 Å². The quantitative estimate of drug-likeness (QED) is 0.510. The van der Waals surface area contributed by atoms with E-state index in [0.717, 1.165) is 19.0 Å². The molecule has 2 nitrogen and oxygen atoms in total. The summed E-state index contributed by atoms with van der Waals surface area (Å²) in [5.41, 5.74) is 0. The summed E-state index contributed by atoms with van der Waals surface area (Å²) in [6, 6.07) is 2.18. The van der Waals surface area contributed by atoms with Crippen molar-refractivity contribution >= 4 is 0 Å². The van der Waals surface area contributed by atoms with Crippen molar-refractivity contribution in [2.45, 2.75) is 19.8 Å². The monoisotopic (exact) mass is 138 g/mol. The minimum Gasteiger partial charge on any atom is -0.290 e. The first-order valence-corrected chi connectivity index (χ1v) is 3.92. The summed E-state index contributed by atoms with van der Waals surface area (Å²) in [4.78, 5) is 2.23. The molecule has 0 amide bonds. The Labute approximate surface area is 62.4 Å². The summed E-state index contributed by atoms with van der Waals surface area (Å²) < 4.78 is 0. The molecule has 1 atom stereocenters. The number of hydrogen-bond donors (Lipinski definition) is 0. The normalized spacial score (nSPS) is 27.8. The van der Waals surface area contributed by atoms with Gasteiger partial charge in [0.15, 0.2) is 0 Å². The van der Waals surface area contributed by atoms with Crippen LogP contribution in [0.25, 0.3) is 0 Å². The number of nitriles is 1. The molecule has 2 heteroatoms. The predicted octanol–water partition coefficient (Wildman–Crippen LogP) is 1.24. The van der Waals surface area contributed by atoms with E-state index in [1.54, 1.807) is 0 Å². The van der Waals surface area contributed by atoms with Crippen LogP contribution < -0.4 is 0 Å². The van der Waals surface area contributed by atoms with Gasteiger partial charge >= 0.3 is 0 Å². The van der Waals surface area contributed by atoms with Crippen LogP contribution in [0.1, 0.15) is 19.8 Å². The minimum atomic E-state index is 0.615. The van der Waals surface area contributed by atoms with Crippen molar-refractivity contribution in [3.05, 3.63) is 0 Å². The molecule has 1 aliphatic rings. The van der Waals surface area contributed by atoms with Crippen LogP contribution in [-0.4, -0.2) is 24.5 Å². The van der Waals surface area contributed by atoms with Crippen LogP contribution in [-0.2, 0) is 0 Å². The van der Waals surface area contributed by atoms with Crippen molar-refractivity contribution in [2.24, 2.45) is 5.92 Å². The lowest BCUT2D eigenvalue weighted by atomic mass is 10.0. The molecule has 0 saturated carbocycles. The molecule has 0 aromatic heterocycles. The second kappa shape index (κ2) is 3.58. The Morgan fingerprint density at radius 2 is 2.50 bits per heavy atom. The molecule has 0 aliphatic carbocycles. The molecule has 0 radical (unpaired) electrons. The molecule has 1 saturated heterocycles. The molecular formula is C8H14N2. The third-order valence-electron chi connectivity index (χ3n) is 2.04. The summed E-state index contributed by atoms with van der Waals surface area (Å²) in [5, 5.41) is 8.41. The van der Waals surface area contributed by atoms with E-state index < -0.39 is 0 Å². The zero-order valence-electron chi connectivity index (χ0n) is 6.51. The second-order valence-electron chi connectivity index (χ2n) is 3.14. The number of piperidine rings is 1. The fraction of sp³-hybridized carbons (Fsp3) is 0.875. The average Bonchev–Trinajstić information content (AvgIpc) is 1.88. The van der Waals surface area contributed by atoms with Gasteiger partial charge in [0, 0.05) is 6.54 Å². The number of nitrogens with zero attached hydrogens (tertiary/aromatic N) is 2. The van der Waals surface area contributed by atoms with Crippen molar-refractivity contribution in [3.63, 3.8) is 0 Å². The zero-order valence-corrected chi connectivity index (χ0v) is 6.51. The molecule has 1 rings (SSSR count). The summed E-state index contributed by atoms with van der Waals surface area (Å²) in [6.07, 6.45) is 2.60. The first kappa shape index (κ1) is 7.56. The summed E-state index contributed by atoms with van der Waals surface area (Å²) in [7, 11) is 0. The molecule has 1 fully saturated rings. The molecule has 1 unspecified atom stereocenters. The highest BCUT2D eigenvalue weighted by Crippen LogP contribution is 2.14. The lowest BCUT2D eigenvalue weighted by Gasteiger charge is -2.28. The van der Waals surface area contributed by atoms with E-state index in [2.05, 4.69) is 17.9 Å². The van der Waals surface area contributed by atoms with E-state index in [4.69, 9.17) is 5.26 Å². The van der Waals surface area contributed by atoms with Crippen LogP contribution in [0.3, 0.4) is 0 Å². The Hall–Kier alpha value is -0.550. The fourth-order valence-corrected chi connectivity index (χ4v) is 1.53. The molecule has 1 aliphatic heterocycles. The van der Waals surface area contributed by atoms with Gasteiger partial charge in [-0.05, 0) is 25.3 Å². The standard InChI is InChI=1S/C8H14N2/c1-8-3-2-5-10(7-8)6-4-9/h8H,2-3,5-7H2,1H3. The van der Waals surface area contributed by atoms with Crippen LogP contribution in [0, 0.1) is 17.2 Å². The zero-order chi connectivity index (χ0) is 7.40. The van der Waals surface area contributed by atoms with Crippen molar-refractivity contribution in [3.8, 4) is 6.07 Å². The first-order valence-electron chi connectivity index (χ1n) is 3.92. The maximum Gasteiger partial charge on any atom is 0.0866 e. The van der Waals surface area contributed by atoms with Gasteiger partial charge in [0.2, 0.25) is 0 Å². The fourth-order valence-electron chi connectivity index (χ4n) is 1.53. The second-order valence-corrected chi connectivity index (χ2v) is 3.14.